The molecule has 6 heteroatoms. The Hall–Kier alpha value is -2.63. The normalized spacial score (nSPS) is 16.5. The van der Waals surface area contributed by atoms with Crippen LogP contribution in [-0.4, -0.2) is 27.0 Å². The standard InChI is InChI=1S/C18H21N3O3/c1-19(15-9-5-7-13-6-3-4-8-14(13)15)17(23)12-21-11-10-16(22)20(2)18(21)24/h3-4,6,8,10-11,15H,5,7,9,12H2,1-2H3/t15-/m0/s1. The first-order valence-corrected chi connectivity index (χ1v) is 8.09. The van der Waals surface area contributed by atoms with Crippen molar-refractivity contribution in [2.45, 2.75) is 31.8 Å². The highest BCUT2D eigenvalue weighted by Gasteiger charge is 2.26. The largest absolute Gasteiger partial charge is 0.337 e. The predicted octanol–water partition coefficient (Wildman–Crippen LogP) is 1.08. The molecule has 0 aliphatic heterocycles. The minimum absolute atomic E-state index is 0.0330. The summed E-state index contributed by atoms with van der Waals surface area (Å²) in [6, 6.07) is 9.52. The van der Waals surface area contributed by atoms with Crippen LogP contribution in [0, 0.1) is 0 Å². The number of amides is 1. The van der Waals surface area contributed by atoms with Crippen LogP contribution >= 0.6 is 0 Å². The third-order valence-corrected chi connectivity index (χ3v) is 4.76. The van der Waals surface area contributed by atoms with Crippen molar-refractivity contribution in [3.63, 3.8) is 0 Å². The number of hydrogen-bond donors (Lipinski definition) is 0. The zero-order chi connectivity index (χ0) is 17.3. The molecule has 126 valence electrons. The number of hydrogen-bond acceptors (Lipinski definition) is 3. The van der Waals surface area contributed by atoms with Gasteiger partial charge >= 0.3 is 5.69 Å². The van der Waals surface area contributed by atoms with Crippen molar-refractivity contribution in [3.8, 4) is 0 Å². The average Bonchev–Trinajstić information content (AvgIpc) is 2.61. The Morgan fingerprint density at radius 3 is 2.79 bits per heavy atom. The van der Waals surface area contributed by atoms with Gasteiger partial charge in [-0.15, -0.1) is 0 Å². The number of likely N-dealkylation sites (N-methyl/N-ethyl adjacent to an activating group) is 1. The lowest BCUT2D eigenvalue weighted by Gasteiger charge is -2.33. The molecule has 0 saturated carbocycles. The van der Waals surface area contributed by atoms with Gasteiger partial charge in [-0.2, -0.15) is 0 Å². The second-order valence-electron chi connectivity index (χ2n) is 6.23. The number of aromatic nitrogens is 2. The molecule has 0 spiro atoms. The average molecular weight is 327 g/mol. The zero-order valence-electron chi connectivity index (χ0n) is 13.9. The minimum atomic E-state index is -0.478. The molecule has 0 N–H and O–H groups in total. The van der Waals surface area contributed by atoms with Crippen molar-refractivity contribution in [2.75, 3.05) is 7.05 Å². The number of fused-ring (bicyclic) bond motifs is 1. The van der Waals surface area contributed by atoms with Crippen LogP contribution in [0.15, 0.2) is 46.1 Å². The summed E-state index contributed by atoms with van der Waals surface area (Å²) >= 11 is 0. The number of carbonyl (C=O) groups excluding carboxylic acids is 1. The number of aryl methyl sites for hydroxylation is 1. The highest BCUT2D eigenvalue weighted by atomic mass is 16.2. The monoisotopic (exact) mass is 327 g/mol. The lowest BCUT2D eigenvalue weighted by Crippen LogP contribution is -2.41. The highest BCUT2D eigenvalue weighted by molar-refractivity contribution is 5.76. The summed E-state index contributed by atoms with van der Waals surface area (Å²) in [5.41, 5.74) is 1.62. The van der Waals surface area contributed by atoms with Crippen molar-refractivity contribution >= 4 is 5.91 Å². The molecule has 0 radical (unpaired) electrons. The van der Waals surface area contributed by atoms with Crippen LogP contribution in [0.5, 0.6) is 0 Å². The summed E-state index contributed by atoms with van der Waals surface area (Å²) < 4.78 is 2.28. The van der Waals surface area contributed by atoms with Gasteiger partial charge in [0.2, 0.25) is 5.91 Å². The number of rotatable bonds is 3. The van der Waals surface area contributed by atoms with Crippen LogP contribution < -0.4 is 11.2 Å². The first-order chi connectivity index (χ1) is 11.5. The molecule has 1 aliphatic rings. The maximum Gasteiger partial charge on any atom is 0.331 e. The molecule has 24 heavy (non-hydrogen) atoms. The molecule has 1 heterocycles. The number of carbonyl (C=O) groups is 1. The third kappa shape index (κ3) is 2.91. The van der Waals surface area contributed by atoms with Gasteiger partial charge in [-0.1, -0.05) is 24.3 Å². The summed E-state index contributed by atoms with van der Waals surface area (Å²) in [6.07, 6.45) is 4.38. The Morgan fingerprint density at radius 1 is 1.25 bits per heavy atom. The maximum atomic E-state index is 12.6. The van der Waals surface area contributed by atoms with Gasteiger partial charge in [0.1, 0.15) is 6.54 Å². The van der Waals surface area contributed by atoms with E-state index in [1.54, 1.807) is 11.9 Å². The van der Waals surface area contributed by atoms with E-state index in [1.807, 2.05) is 12.1 Å². The fourth-order valence-corrected chi connectivity index (χ4v) is 3.30. The Labute approximate surface area is 140 Å². The van der Waals surface area contributed by atoms with Gasteiger partial charge in [0, 0.05) is 26.4 Å². The lowest BCUT2D eigenvalue weighted by atomic mass is 9.87. The van der Waals surface area contributed by atoms with Gasteiger partial charge in [0.15, 0.2) is 0 Å². The lowest BCUT2D eigenvalue weighted by molar-refractivity contribution is -0.133. The molecule has 6 nitrogen and oxygen atoms in total. The molecule has 1 aliphatic carbocycles. The summed E-state index contributed by atoms with van der Waals surface area (Å²) in [7, 11) is 3.19. The van der Waals surface area contributed by atoms with Crippen LogP contribution in [0.4, 0.5) is 0 Å². The Balaban J connectivity index is 1.83. The summed E-state index contributed by atoms with van der Waals surface area (Å²) in [5, 5.41) is 0. The Bertz CT molecular complexity index is 882. The van der Waals surface area contributed by atoms with Crippen molar-refractivity contribution in [1.82, 2.24) is 14.0 Å². The topological polar surface area (TPSA) is 64.3 Å². The van der Waals surface area contributed by atoms with Crippen molar-refractivity contribution < 1.29 is 4.79 Å². The number of nitrogens with zero attached hydrogens (tertiary/aromatic N) is 3. The van der Waals surface area contributed by atoms with E-state index in [2.05, 4.69) is 12.1 Å². The molecule has 1 aromatic heterocycles. The summed E-state index contributed by atoms with van der Waals surface area (Å²) in [4.78, 5) is 37.9. The molecule has 3 rings (SSSR count). The first kappa shape index (κ1) is 16.2. The van der Waals surface area contributed by atoms with E-state index < -0.39 is 5.69 Å². The van der Waals surface area contributed by atoms with Crippen molar-refractivity contribution in [1.29, 1.82) is 0 Å². The molecule has 0 saturated heterocycles. The van der Waals surface area contributed by atoms with Crippen molar-refractivity contribution in [2.24, 2.45) is 7.05 Å². The highest BCUT2D eigenvalue weighted by Crippen LogP contribution is 2.33. The minimum Gasteiger partial charge on any atom is -0.337 e. The van der Waals surface area contributed by atoms with E-state index >= 15 is 0 Å². The predicted molar refractivity (Wildman–Crippen MR) is 90.8 cm³/mol. The van der Waals surface area contributed by atoms with Gasteiger partial charge in [0.05, 0.1) is 6.04 Å². The SMILES string of the molecule is CN(C(=O)Cn1ccc(=O)n(C)c1=O)[C@H]1CCCc2ccccc21. The second kappa shape index (κ2) is 6.47. The van der Waals surface area contributed by atoms with Crippen LogP contribution in [0.1, 0.15) is 30.0 Å². The van der Waals surface area contributed by atoms with E-state index in [0.717, 1.165) is 23.8 Å². The fraction of sp³-hybridized carbons (Fsp3) is 0.389. The van der Waals surface area contributed by atoms with Crippen LogP contribution in [0.2, 0.25) is 0 Å². The fourth-order valence-electron chi connectivity index (χ4n) is 3.30. The molecule has 1 amide bonds. The van der Waals surface area contributed by atoms with E-state index in [1.165, 1.54) is 35.0 Å². The third-order valence-electron chi connectivity index (χ3n) is 4.76. The van der Waals surface area contributed by atoms with Gasteiger partial charge in [-0.3, -0.25) is 18.7 Å². The van der Waals surface area contributed by atoms with E-state index in [4.69, 9.17) is 0 Å². The second-order valence-corrected chi connectivity index (χ2v) is 6.23. The summed E-state index contributed by atoms with van der Waals surface area (Å²) in [5.74, 6) is -0.141. The van der Waals surface area contributed by atoms with E-state index in [0.29, 0.717) is 0 Å². The van der Waals surface area contributed by atoms with Gasteiger partial charge in [-0.25, -0.2) is 4.79 Å². The van der Waals surface area contributed by atoms with E-state index in [-0.39, 0.29) is 24.1 Å². The molecule has 1 atom stereocenters. The Morgan fingerprint density at radius 2 is 2.00 bits per heavy atom. The Kier molecular flexibility index (Phi) is 4.38. The molecule has 0 bridgehead atoms. The molecular formula is C18H21N3O3. The quantitative estimate of drug-likeness (QED) is 0.847. The summed E-state index contributed by atoms with van der Waals surface area (Å²) in [6.45, 7) is -0.0673. The molecule has 2 aromatic rings. The molecule has 0 fully saturated rings. The smallest absolute Gasteiger partial charge is 0.331 e. The van der Waals surface area contributed by atoms with Gasteiger partial charge < -0.3 is 4.90 Å². The van der Waals surface area contributed by atoms with Crippen molar-refractivity contribution in [3.05, 3.63) is 68.5 Å². The van der Waals surface area contributed by atoms with E-state index in [9.17, 15) is 14.4 Å². The van der Waals surface area contributed by atoms with Gasteiger partial charge in [-0.05, 0) is 30.4 Å². The van der Waals surface area contributed by atoms with Crippen LogP contribution in [0.25, 0.3) is 0 Å². The maximum absolute atomic E-state index is 12.6. The molecule has 1 aromatic carbocycles. The van der Waals surface area contributed by atoms with Crippen LogP contribution in [-0.2, 0) is 24.8 Å². The molecular weight excluding hydrogens is 306 g/mol. The first-order valence-electron chi connectivity index (χ1n) is 8.09. The van der Waals surface area contributed by atoms with Gasteiger partial charge in [0.25, 0.3) is 5.56 Å². The van der Waals surface area contributed by atoms with Crippen LogP contribution in [0.3, 0.4) is 0 Å². The number of benzene rings is 1. The zero-order valence-corrected chi connectivity index (χ0v) is 13.9. The molecule has 0 unspecified atom stereocenters.